The van der Waals surface area contributed by atoms with E-state index in [-0.39, 0.29) is 5.54 Å². The molecule has 5 nitrogen and oxygen atoms in total. The molecule has 2 rings (SSSR count). The Morgan fingerprint density at radius 2 is 2.26 bits per heavy atom. The molecule has 0 spiro atoms. The van der Waals surface area contributed by atoms with E-state index < -0.39 is 5.97 Å². The Hall–Kier alpha value is -1.78. The maximum absolute atomic E-state index is 11.8. The molecule has 1 saturated carbocycles. The number of hydrogen-bond donors (Lipinski definition) is 2. The number of carbonyl (C=O) groups is 1. The average Bonchev–Trinajstić information content (AvgIpc) is 3.16. The third kappa shape index (κ3) is 3.16. The molecule has 0 unspecified atom stereocenters. The molecule has 1 fully saturated rings. The standard InChI is InChI=1S/C14H21N3O2/c1-4-19-13(18)10-7-12(16-8-11(10)15)17-14(2,3)9-5-6-9/h7-9H,4-6,15H2,1-3H3,(H,16,17). The van der Waals surface area contributed by atoms with Crippen LogP contribution in [-0.2, 0) is 4.74 Å². The second-order valence-corrected chi connectivity index (χ2v) is 5.50. The summed E-state index contributed by atoms with van der Waals surface area (Å²) in [5, 5.41) is 3.37. The zero-order chi connectivity index (χ0) is 14.0. The molecule has 0 amide bonds. The monoisotopic (exact) mass is 263 g/mol. The summed E-state index contributed by atoms with van der Waals surface area (Å²) in [5.74, 6) is 0.918. The minimum absolute atomic E-state index is 0.0188. The number of ether oxygens (including phenoxy) is 1. The quantitative estimate of drug-likeness (QED) is 0.798. The molecule has 0 saturated heterocycles. The lowest BCUT2D eigenvalue weighted by Gasteiger charge is -2.27. The molecule has 0 atom stereocenters. The molecule has 1 aliphatic rings. The molecule has 5 heteroatoms. The topological polar surface area (TPSA) is 77.2 Å². The Morgan fingerprint density at radius 1 is 1.58 bits per heavy atom. The average molecular weight is 263 g/mol. The number of hydrogen-bond acceptors (Lipinski definition) is 5. The van der Waals surface area contributed by atoms with Crippen LogP contribution in [0.25, 0.3) is 0 Å². The van der Waals surface area contributed by atoms with E-state index in [1.54, 1.807) is 13.0 Å². The normalized spacial score (nSPS) is 15.1. The van der Waals surface area contributed by atoms with Gasteiger partial charge in [-0.2, -0.15) is 0 Å². The van der Waals surface area contributed by atoms with Crippen LogP contribution in [0.1, 0.15) is 44.0 Å². The molecule has 0 aromatic carbocycles. The smallest absolute Gasteiger partial charge is 0.340 e. The number of nitrogen functional groups attached to an aromatic ring is 1. The Labute approximate surface area is 113 Å². The summed E-state index contributed by atoms with van der Waals surface area (Å²) in [6.07, 6.45) is 3.97. The number of nitrogens with zero attached hydrogens (tertiary/aromatic N) is 1. The van der Waals surface area contributed by atoms with E-state index in [4.69, 9.17) is 10.5 Å². The first kappa shape index (κ1) is 13.6. The van der Waals surface area contributed by atoms with Gasteiger partial charge in [-0.05, 0) is 45.6 Å². The molecule has 1 aromatic rings. The molecule has 19 heavy (non-hydrogen) atoms. The van der Waals surface area contributed by atoms with Crippen molar-refractivity contribution in [3.8, 4) is 0 Å². The number of aromatic nitrogens is 1. The highest BCUT2D eigenvalue weighted by Crippen LogP contribution is 2.40. The van der Waals surface area contributed by atoms with Gasteiger partial charge in [-0.25, -0.2) is 9.78 Å². The van der Waals surface area contributed by atoms with Crippen molar-refractivity contribution in [2.45, 2.75) is 39.2 Å². The summed E-state index contributed by atoms with van der Waals surface area (Å²) in [5.41, 5.74) is 6.45. The van der Waals surface area contributed by atoms with Crippen LogP contribution in [0.2, 0.25) is 0 Å². The van der Waals surface area contributed by atoms with E-state index >= 15 is 0 Å². The third-order valence-electron chi connectivity index (χ3n) is 3.48. The first-order valence-corrected chi connectivity index (χ1v) is 6.65. The summed E-state index contributed by atoms with van der Waals surface area (Å²) >= 11 is 0. The van der Waals surface area contributed by atoms with Crippen molar-refractivity contribution < 1.29 is 9.53 Å². The van der Waals surface area contributed by atoms with Gasteiger partial charge in [0.15, 0.2) is 0 Å². The lowest BCUT2D eigenvalue weighted by molar-refractivity contribution is 0.0527. The molecule has 1 heterocycles. The lowest BCUT2D eigenvalue weighted by Crippen LogP contribution is -2.33. The van der Waals surface area contributed by atoms with Crippen LogP contribution in [0.5, 0.6) is 0 Å². The van der Waals surface area contributed by atoms with Gasteiger partial charge in [-0.15, -0.1) is 0 Å². The Kier molecular flexibility index (Phi) is 3.64. The van der Waals surface area contributed by atoms with Crippen molar-refractivity contribution in [2.75, 3.05) is 17.7 Å². The van der Waals surface area contributed by atoms with Crippen molar-refractivity contribution >= 4 is 17.5 Å². The molecule has 1 aliphatic carbocycles. The summed E-state index contributed by atoms with van der Waals surface area (Å²) in [4.78, 5) is 16.0. The Morgan fingerprint density at radius 3 is 2.84 bits per heavy atom. The van der Waals surface area contributed by atoms with E-state index in [0.717, 1.165) is 0 Å². The second-order valence-electron chi connectivity index (χ2n) is 5.50. The van der Waals surface area contributed by atoms with Crippen LogP contribution in [0.3, 0.4) is 0 Å². The van der Waals surface area contributed by atoms with Gasteiger partial charge in [0.25, 0.3) is 0 Å². The van der Waals surface area contributed by atoms with Gasteiger partial charge < -0.3 is 15.8 Å². The molecule has 3 N–H and O–H groups in total. The zero-order valence-electron chi connectivity index (χ0n) is 11.7. The molecule has 0 bridgehead atoms. The largest absolute Gasteiger partial charge is 0.462 e. The Bertz CT molecular complexity index is 482. The maximum atomic E-state index is 11.8. The zero-order valence-corrected chi connectivity index (χ0v) is 11.7. The third-order valence-corrected chi connectivity index (χ3v) is 3.48. The van der Waals surface area contributed by atoms with E-state index in [1.807, 2.05) is 0 Å². The highest BCUT2D eigenvalue weighted by Gasteiger charge is 2.37. The van der Waals surface area contributed by atoms with Crippen molar-refractivity contribution in [3.05, 3.63) is 17.8 Å². The predicted molar refractivity (Wildman–Crippen MR) is 75.0 cm³/mol. The van der Waals surface area contributed by atoms with Crippen molar-refractivity contribution in [2.24, 2.45) is 5.92 Å². The summed E-state index contributed by atoms with van der Waals surface area (Å²) in [6.45, 7) is 6.39. The number of esters is 1. The van der Waals surface area contributed by atoms with E-state index in [0.29, 0.717) is 29.6 Å². The highest BCUT2D eigenvalue weighted by atomic mass is 16.5. The fourth-order valence-corrected chi connectivity index (χ4v) is 2.16. The fraction of sp³-hybridized carbons (Fsp3) is 0.571. The van der Waals surface area contributed by atoms with Gasteiger partial charge in [0.05, 0.1) is 24.1 Å². The van der Waals surface area contributed by atoms with Crippen molar-refractivity contribution in [3.63, 3.8) is 0 Å². The number of nitrogens with two attached hydrogens (primary N) is 1. The molecular weight excluding hydrogens is 242 g/mol. The van der Waals surface area contributed by atoms with Crippen LogP contribution >= 0.6 is 0 Å². The number of nitrogens with one attached hydrogen (secondary N) is 1. The van der Waals surface area contributed by atoms with E-state index in [2.05, 4.69) is 24.1 Å². The van der Waals surface area contributed by atoms with E-state index in [1.165, 1.54) is 19.0 Å². The maximum Gasteiger partial charge on any atom is 0.340 e. The van der Waals surface area contributed by atoms with Gasteiger partial charge in [0.2, 0.25) is 0 Å². The Balaban J connectivity index is 2.18. The van der Waals surface area contributed by atoms with Crippen LogP contribution in [0, 0.1) is 5.92 Å². The van der Waals surface area contributed by atoms with Gasteiger partial charge in [0, 0.05) is 5.54 Å². The van der Waals surface area contributed by atoms with Crippen LogP contribution in [0.4, 0.5) is 11.5 Å². The first-order valence-electron chi connectivity index (χ1n) is 6.65. The SMILES string of the molecule is CCOC(=O)c1cc(NC(C)(C)C2CC2)ncc1N. The van der Waals surface area contributed by atoms with Crippen LogP contribution < -0.4 is 11.1 Å². The van der Waals surface area contributed by atoms with Crippen molar-refractivity contribution in [1.82, 2.24) is 4.98 Å². The van der Waals surface area contributed by atoms with Crippen LogP contribution in [-0.4, -0.2) is 23.1 Å². The highest BCUT2D eigenvalue weighted by molar-refractivity contribution is 5.95. The van der Waals surface area contributed by atoms with Gasteiger partial charge in [-0.3, -0.25) is 0 Å². The van der Waals surface area contributed by atoms with Crippen molar-refractivity contribution in [1.29, 1.82) is 0 Å². The van der Waals surface area contributed by atoms with Gasteiger partial charge in [-0.1, -0.05) is 0 Å². The molecule has 104 valence electrons. The van der Waals surface area contributed by atoms with Gasteiger partial charge >= 0.3 is 5.97 Å². The van der Waals surface area contributed by atoms with E-state index in [9.17, 15) is 4.79 Å². The van der Waals surface area contributed by atoms with Gasteiger partial charge in [0.1, 0.15) is 5.82 Å². The summed E-state index contributed by atoms with van der Waals surface area (Å²) in [7, 11) is 0. The number of anilines is 2. The fourth-order valence-electron chi connectivity index (χ4n) is 2.16. The second kappa shape index (κ2) is 5.07. The van der Waals surface area contributed by atoms with Crippen LogP contribution in [0.15, 0.2) is 12.3 Å². The molecular formula is C14H21N3O2. The molecule has 1 aromatic heterocycles. The number of rotatable bonds is 5. The first-order chi connectivity index (χ1) is 8.94. The summed E-state index contributed by atoms with van der Waals surface area (Å²) in [6, 6.07) is 1.66. The minimum atomic E-state index is -0.408. The number of carbonyl (C=O) groups excluding carboxylic acids is 1. The molecule has 0 radical (unpaired) electrons. The minimum Gasteiger partial charge on any atom is -0.462 e. The molecule has 0 aliphatic heterocycles. The number of pyridine rings is 1. The summed E-state index contributed by atoms with van der Waals surface area (Å²) < 4.78 is 4.98. The predicted octanol–water partition coefficient (Wildman–Crippen LogP) is 2.44. The lowest BCUT2D eigenvalue weighted by atomic mass is 9.99.